The van der Waals surface area contributed by atoms with Crippen LogP contribution in [0.5, 0.6) is 0 Å². The van der Waals surface area contributed by atoms with E-state index in [1.54, 1.807) is 6.07 Å². The van der Waals surface area contributed by atoms with Gasteiger partial charge in [0.1, 0.15) is 0 Å². The molecule has 0 amide bonds. The molecule has 1 aromatic heterocycles. The van der Waals surface area contributed by atoms with E-state index in [1.165, 1.54) is 16.4 Å². The molecule has 0 saturated carbocycles. The van der Waals surface area contributed by atoms with Crippen LogP contribution in [0.3, 0.4) is 0 Å². The minimum atomic E-state index is 0.350. The fraction of sp³-hybridized carbons (Fsp3) is 0.118. The van der Waals surface area contributed by atoms with Gasteiger partial charge in [0.2, 0.25) is 5.16 Å². The van der Waals surface area contributed by atoms with Crippen LogP contribution in [-0.4, -0.2) is 20.6 Å². The smallest absolute Gasteiger partial charge is 0.264 e. The molecule has 3 rings (SSSR count). The molecule has 140 valence electrons. The normalized spacial score (nSPS) is 11.6. The number of benzene rings is 2. The van der Waals surface area contributed by atoms with Crippen molar-refractivity contribution < 1.29 is 0 Å². The van der Waals surface area contributed by atoms with Crippen molar-refractivity contribution in [2.24, 2.45) is 5.10 Å². The van der Waals surface area contributed by atoms with Crippen molar-refractivity contribution >= 4 is 62.6 Å². The zero-order valence-electron chi connectivity index (χ0n) is 14.2. The van der Waals surface area contributed by atoms with Crippen LogP contribution in [0, 0.1) is 0 Å². The Labute approximate surface area is 179 Å². The van der Waals surface area contributed by atoms with E-state index < -0.39 is 0 Å². The summed E-state index contributed by atoms with van der Waals surface area (Å²) in [5.41, 5.74) is 5.65. The Morgan fingerprint density at radius 3 is 2.63 bits per heavy atom. The van der Waals surface area contributed by atoms with E-state index in [9.17, 15) is 0 Å². The molecule has 6 nitrogen and oxygen atoms in total. The SMILES string of the molecule is C/C(=N\Nc1nnc(SCc2ccc(Cl)c(Cl)c2)n1N)c1ccc(Br)cc1. The van der Waals surface area contributed by atoms with Crippen LogP contribution in [0.4, 0.5) is 5.95 Å². The molecule has 0 spiro atoms. The van der Waals surface area contributed by atoms with Crippen molar-refractivity contribution in [1.82, 2.24) is 14.9 Å². The highest BCUT2D eigenvalue weighted by atomic mass is 79.9. The van der Waals surface area contributed by atoms with E-state index >= 15 is 0 Å². The monoisotopic (exact) mass is 484 g/mol. The molecule has 0 unspecified atom stereocenters. The lowest BCUT2D eigenvalue weighted by molar-refractivity contribution is 0.846. The summed E-state index contributed by atoms with van der Waals surface area (Å²) in [5, 5.41) is 14.0. The molecule has 10 heteroatoms. The summed E-state index contributed by atoms with van der Waals surface area (Å²) in [7, 11) is 0. The quantitative estimate of drug-likeness (QED) is 0.217. The van der Waals surface area contributed by atoms with Crippen LogP contribution in [-0.2, 0) is 5.75 Å². The maximum absolute atomic E-state index is 6.05. The summed E-state index contributed by atoms with van der Waals surface area (Å²) in [6, 6.07) is 13.3. The number of nitrogens with one attached hydrogen (secondary N) is 1. The first-order valence-electron chi connectivity index (χ1n) is 7.77. The van der Waals surface area contributed by atoms with Gasteiger partial charge in [-0.1, -0.05) is 69.1 Å². The second kappa shape index (κ2) is 8.97. The van der Waals surface area contributed by atoms with Gasteiger partial charge in [-0.15, -0.1) is 10.2 Å². The molecule has 0 saturated heterocycles. The van der Waals surface area contributed by atoms with Crippen LogP contribution < -0.4 is 11.3 Å². The summed E-state index contributed by atoms with van der Waals surface area (Å²) in [6.45, 7) is 1.90. The van der Waals surface area contributed by atoms with Crippen LogP contribution in [0.1, 0.15) is 18.1 Å². The van der Waals surface area contributed by atoms with Gasteiger partial charge in [0, 0.05) is 10.2 Å². The van der Waals surface area contributed by atoms with Crippen molar-refractivity contribution in [1.29, 1.82) is 0 Å². The van der Waals surface area contributed by atoms with Gasteiger partial charge in [-0.05, 0) is 42.3 Å². The number of anilines is 1. The maximum atomic E-state index is 6.05. The van der Waals surface area contributed by atoms with Crippen molar-refractivity contribution in [3.63, 3.8) is 0 Å². The van der Waals surface area contributed by atoms with E-state index in [0.29, 0.717) is 26.9 Å². The molecule has 0 aliphatic heterocycles. The Kier molecular flexibility index (Phi) is 6.64. The van der Waals surface area contributed by atoms with Gasteiger partial charge in [-0.3, -0.25) is 0 Å². The first-order chi connectivity index (χ1) is 12.9. The minimum absolute atomic E-state index is 0.350. The van der Waals surface area contributed by atoms with Crippen molar-refractivity contribution in [2.45, 2.75) is 17.8 Å². The fourth-order valence-electron chi connectivity index (χ4n) is 2.12. The molecule has 27 heavy (non-hydrogen) atoms. The topological polar surface area (TPSA) is 81.1 Å². The number of halogens is 3. The van der Waals surface area contributed by atoms with Gasteiger partial charge < -0.3 is 5.84 Å². The Hall–Kier alpha value is -1.74. The van der Waals surface area contributed by atoms with Crippen molar-refractivity contribution in [2.75, 3.05) is 11.3 Å². The molecule has 3 N–H and O–H groups in total. The summed E-state index contributed by atoms with van der Waals surface area (Å²) in [4.78, 5) is 0. The first-order valence-corrected chi connectivity index (χ1v) is 10.3. The van der Waals surface area contributed by atoms with E-state index in [4.69, 9.17) is 29.0 Å². The van der Waals surface area contributed by atoms with Crippen LogP contribution in [0.15, 0.2) is 57.2 Å². The Morgan fingerprint density at radius 2 is 1.93 bits per heavy atom. The number of rotatable bonds is 6. The molecule has 1 heterocycles. The summed E-state index contributed by atoms with van der Waals surface area (Å²) < 4.78 is 2.37. The summed E-state index contributed by atoms with van der Waals surface area (Å²) in [6.07, 6.45) is 0. The molecular formula is C17H15BrCl2N6S. The van der Waals surface area contributed by atoms with Gasteiger partial charge in [0.25, 0.3) is 5.95 Å². The molecule has 0 atom stereocenters. The van der Waals surface area contributed by atoms with Gasteiger partial charge in [0.15, 0.2) is 0 Å². The minimum Gasteiger partial charge on any atom is -0.334 e. The van der Waals surface area contributed by atoms with Crippen LogP contribution in [0.2, 0.25) is 10.0 Å². The van der Waals surface area contributed by atoms with Crippen LogP contribution >= 0.6 is 50.9 Å². The zero-order chi connectivity index (χ0) is 19.4. The molecule has 0 radical (unpaired) electrons. The molecule has 2 aromatic carbocycles. The highest BCUT2D eigenvalue weighted by Gasteiger charge is 2.10. The number of aromatic nitrogens is 3. The Balaban J connectivity index is 1.65. The third kappa shape index (κ3) is 5.16. The summed E-state index contributed by atoms with van der Waals surface area (Å²) >= 11 is 16.8. The molecular weight excluding hydrogens is 471 g/mol. The highest BCUT2D eigenvalue weighted by Crippen LogP contribution is 2.27. The van der Waals surface area contributed by atoms with E-state index in [2.05, 4.69) is 36.7 Å². The zero-order valence-corrected chi connectivity index (χ0v) is 18.1. The standard InChI is InChI=1S/C17H15BrCl2N6S/c1-10(12-3-5-13(18)6-4-12)22-23-16-24-25-17(26(16)21)27-9-11-2-7-14(19)15(20)8-11/h2-8H,9,21H2,1H3,(H,23,24)/b22-10+. The van der Waals surface area contributed by atoms with Gasteiger partial charge in [-0.2, -0.15) is 5.10 Å². The van der Waals surface area contributed by atoms with E-state index in [-0.39, 0.29) is 0 Å². The predicted octanol–water partition coefficient (Wildman–Crippen LogP) is 5.19. The molecule has 0 fully saturated rings. The predicted molar refractivity (Wildman–Crippen MR) is 116 cm³/mol. The second-order valence-electron chi connectivity index (χ2n) is 5.53. The number of hydrogen-bond acceptors (Lipinski definition) is 6. The van der Waals surface area contributed by atoms with Gasteiger partial charge >= 0.3 is 0 Å². The Bertz CT molecular complexity index is 974. The number of hydrogen-bond donors (Lipinski definition) is 2. The van der Waals surface area contributed by atoms with Gasteiger partial charge in [0.05, 0.1) is 15.8 Å². The average molecular weight is 486 g/mol. The third-order valence-electron chi connectivity index (χ3n) is 3.60. The van der Waals surface area contributed by atoms with E-state index in [0.717, 1.165) is 21.3 Å². The number of nitrogens with zero attached hydrogens (tertiary/aromatic N) is 4. The molecule has 0 aliphatic carbocycles. The Morgan fingerprint density at radius 1 is 1.19 bits per heavy atom. The largest absolute Gasteiger partial charge is 0.334 e. The number of thioether (sulfide) groups is 1. The van der Waals surface area contributed by atoms with Crippen molar-refractivity contribution in [3.8, 4) is 0 Å². The lowest BCUT2D eigenvalue weighted by Gasteiger charge is -2.05. The average Bonchev–Trinajstić information content (AvgIpc) is 3.01. The summed E-state index contributed by atoms with van der Waals surface area (Å²) in [5.74, 6) is 7.03. The lowest BCUT2D eigenvalue weighted by atomic mass is 10.1. The number of nitrogen functional groups attached to an aromatic ring is 1. The molecule has 0 aliphatic rings. The van der Waals surface area contributed by atoms with Crippen LogP contribution in [0.25, 0.3) is 0 Å². The fourth-order valence-corrected chi connectivity index (χ4v) is 3.50. The highest BCUT2D eigenvalue weighted by molar-refractivity contribution is 9.10. The molecule has 0 bridgehead atoms. The first kappa shape index (κ1) is 20.0. The van der Waals surface area contributed by atoms with Gasteiger partial charge in [-0.25, -0.2) is 10.1 Å². The maximum Gasteiger partial charge on any atom is 0.264 e. The second-order valence-corrected chi connectivity index (χ2v) is 8.20. The lowest BCUT2D eigenvalue weighted by Crippen LogP contribution is -2.13. The van der Waals surface area contributed by atoms with Crippen molar-refractivity contribution in [3.05, 3.63) is 68.1 Å². The molecule has 3 aromatic rings. The number of nitrogens with two attached hydrogens (primary N) is 1. The number of hydrazone groups is 1. The van der Waals surface area contributed by atoms with E-state index in [1.807, 2.05) is 43.3 Å². The third-order valence-corrected chi connectivity index (χ3v) is 5.88.